The summed E-state index contributed by atoms with van der Waals surface area (Å²) in [5.74, 6) is 0.432. The Bertz CT molecular complexity index is 475. The van der Waals surface area contributed by atoms with Gasteiger partial charge in [0.1, 0.15) is 12.4 Å². The van der Waals surface area contributed by atoms with Crippen molar-refractivity contribution in [1.82, 2.24) is 4.90 Å². The molecule has 1 aromatic carbocycles. The quantitative estimate of drug-likeness (QED) is 0.683. The average molecular weight is 295 g/mol. The van der Waals surface area contributed by atoms with Crippen molar-refractivity contribution in [2.75, 3.05) is 50.3 Å². The fraction of sp³-hybridized carbons (Fsp3) is 0.500. The molecule has 1 fully saturated rings. The summed E-state index contributed by atoms with van der Waals surface area (Å²) in [4.78, 5) is 13.3. The van der Waals surface area contributed by atoms with Gasteiger partial charge in [-0.3, -0.25) is 20.4 Å². The summed E-state index contributed by atoms with van der Waals surface area (Å²) in [7, 11) is 0. The molecule has 0 aromatic heterocycles. The van der Waals surface area contributed by atoms with Gasteiger partial charge in [0.25, 0.3) is 0 Å². The normalized spacial score (nSPS) is 15.5. The van der Waals surface area contributed by atoms with Crippen LogP contribution in [0.1, 0.15) is 6.92 Å². The van der Waals surface area contributed by atoms with Gasteiger partial charge in [0.2, 0.25) is 5.91 Å². The topological polar surface area (TPSA) is 83.1 Å². The Kier molecular flexibility index (Phi) is 5.79. The SMILES string of the molecule is CC(=O)Nc1ccc(OCCN2CCOCC2)cc1NO. The summed E-state index contributed by atoms with van der Waals surface area (Å²) in [5, 5.41) is 11.7. The average Bonchev–Trinajstić information content (AvgIpc) is 2.49. The minimum absolute atomic E-state index is 0.201. The van der Waals surface area contributed by atoms with E-state index in [1.54, 1.807) is 18.2 Å². The fourth-order valence-corrected chi connectivity index (χ4v) is 2.12. The van der Waals surface area contributed by atoms with E-state index in [-0.39, 0.29) is 5.91 Å². The van der Waals surface area contributed by atoms with Crippen LogP contribution in [-0.2, 0) is 9.53 Å². The molecule has 0 atom stereocenters. The third-order valence-electron chi connectivity index (χ3n) is 3.20. The molecule has 3 N–H and O–H groups in total. The van der Waals surface area contributed by atoms with E-state index in [9.17, 15) is 4.79 Å². The van der Waals surface area contributed by atoms with Gasteiger partial charge >= 0.3 is 0 Å². The number of amides is 1. The second-order valence-corrected chi connectivity index (χ2v) is 4.80. The van der Waals surface area contributed by atoms with Gasteiger partial charge in [0.15, 0.2) is 0 Å². The van der Waals surface area contributed by atoms with Gasteiger partial charge in [-0.15, -0.1) is 0 Å². The molecule has 1 aliphatic rings. The standard InChI is InChI=1S/C14H21N3O4/c1-11(18)15-13-3-2-12(10-14(13)16-19)21-9-6-17-4-7-20-8-5-17/h2-3,10,16,19H,4-9H2,1H3,(H,15,18). The molecule has 7 heteroatoms. The molecule has 0 spiro atoms. The number of rotatable bonds is 6. The Morgan fingerprint density at radius 3 is 2.81 bits per heavy atom. The maximum atomic E-state index is 11.0. The van der Waals surface area contributed by atoms with Crippen molar-refractivity contribution < 1.29 is 19.5 Å². The van der Waals surface area contributed by atoms with E-state index >= 15 is 0 Å². The minimum atomic E-state index is -0.201. The first kappa shape index (κ1) is 15.6. The molecular weight excluding hydrogens is 274 g/mol. The fourth-order valence-electron chi connectivity index (χ4n) is 2.12. The largest absolute Gasteiger partial charge is 0.492 e. The third-order valence-corrected chi connectivity index (χ3v) is 3.20. The van der Waals surface area contributed by atoms with Crippen molar-refractivity contribution in [3.05, 3.63) is 18.2 Å². The number of benzene rings is 1. The Morgan fingerprint density at radius 1 is 1.38 bits per heavy atom. The minimum Gasteiger partial charge on any atom is -0.492 e. The van der Waals surface area contributed by atoms with Gasteiger partial charge in [-0.25, -0.2) is 0 Å². The summed E-state index contributed by atoms with van der Waals surface area (Å²) >= 11 is 0. The molecule has 0 saturated carbocycles. The van der Waals surface area contributed by atoms with Crippen LogP contribution < -0.4 is 15.5 Å². The molecular formula is C14H21N3O4. The highest BCUT2D eigenvalue weighted by Crippen LogP contribution is 2.26. The van der Waals surface area contributed by atoms with Crippen LogP contribution in [0.3, 0.4) is 0 Å². The van der Waals surface area contributed by atoms with Crippen LogP contribution in [0.4, 0.5) is 11.4 Å². The van der Waals surface area contributed by atoms with Crippen LogP contribution in [0.15, 0.2) is 18.2 Å². The van der Waals surface area contributed by atoms with Gasteiger partial charge in [0.05, 0.1) is 24.6 Å². The summed E-state index contributed by atoms with van der Waals surface area (Å²) < 4.78 is 11.0. The van der Waals surface area contributed by atoms with Crippen molar-refractivity contribution in [1.29, 1.82) is 0 Å². The maximum absolute atomic E-state index is 11.0. The number of hydrogen-bond donors (Lipinski definition) is 3. The lowest BCUT2D eigenvalue weighted by atomic mass is 10.2. The number of nitrogens with zero attached hydrogens (tertiary/aromatic N) is 1. The van der Waals surface area contributed by atoms with Crippen LogP contribution in [0.25, 0.3) is 0 Å². The molecule has 0 bridgehead atoms. The first-order valence-corrected chi connectivity index (χ1v) is 6.93. The zero-order valence-electron chi connectivity index (χ0n) is 12.1. The maximum Gasteiger partial charge on any atom is 0.221 e. The first-order chi connectivity index (χ1) is 10.2. The second-order valence-electron chi connectivity index (χ2n) is 4.80. The van der Waals surface area contributed by atoms with Gasteiger partial charge < -0.3 is 14.8 Å². The summed E-state index contributed by atoms with van der Waals surface area (Å²) in [5.41, 5.74) is 2.96. The zero-order valence-corrected chi connectivity index (χ0v) is 12.1. The monoisotopic (exact) mass is 295 g/mol. The highest BCUT2D eigenvalue weighted by Gasteiger charge is 2.10. The first-order valence-electron chi connectivity index (χ1n) is 6.93. The Labute approximate surface area is 123 Å². The lowest BCUT2D eigenvalue weighted by molar-refractivity contribution is -0.114. The number of carbonyl (C=O) groups excluding carboxylic acids is 1. The molecule has 1 amide bonds. The van der Waals surface area contributed by atoms with E-state index in [1.807, 2.05) is 0 Å². The van der Waals surface area contributed by atoms with E-state index in [4.69, 9.17) is 14.7 Å². The lowest BCUT2D eigenvalue weighted by Crippen LogP contribution is -2.38. The number of morpholine rings is 1. The number of ether oxygens (including phenoxy) is 2. The molecule has 1 saturated heterocycles. The molecule has 1 heterocycles. The Balaban J connectivity index is 1.86. The predicted molar refractivity (Wildman–Crippen MR) is 78.9 cm³/mol. The lowest BCUT2D eigenvalue weighted by Gasteiger charge is -2.26. The number of anilines is 2. The molecule has 2 rings (SSSR count). The molecule has 0 aliphatic carbocycles. The smallest absolute Gasteiger partial charge is 0.221 e. The Morgan fingerprint density at radius 2 is 2.14 bits per heavy atom. The van der Waals surface area contributed by atoms with Crippen LogP contribution in [-0.4, -0.2) is 55.5 Å². The summed E-state index contributed by atoms with van der Waals surface area (Å²) in [6, 6.07) is 5.08. The molecule has 21 heavy (non-hydrogen) atoms. The third kappa shape index (κ3) is 4.89. The predicted octanol–water partition coefficient (Wildman–Crippen LogP) is 1.16. The van der Waals surface area contributed by atoms with E-state index in [2.05, 4.69) is 15.7 Å². The molecule has 1 aliphatic heterocycles. The van der Waals surface area contributed by atoms with E-state index in [0.717, 1.165) is 32.8 Å². The zero-order chi connectivity index (χ0) is 15.1. The van der Waals surface area contributed by atoms with Crippen LogP contribution >= 0.6 is 0 Å². The van der Waals surface area contributed by atoms with Crippen molar-refractivity contribution in [2.24, 2.45) is 0 Å². The van der Waals surface area contributed by atoms with E-state index in [0.29, 0.717) is 23.7 Å². The van der Waals surface area contributed by atoms with Crippen molar-refractivity contribution in [2.45, 2.75) is 6.92 Å². The van der Waals surface area contributed by atoms with Gasteiger partial charge in [-0.05, 0) is 12.1 Å². The summed E-state index contributed by atoms with van der Waals surface area (Å²) in [6.45, 7) is 6.19. The number of hydrogen-bond acceptors (Lipinski definition) is 6. The van der Waals surface area contributed by atoms with Crippen LogP contribution in [0.5, 0.6) is 5.75 Å². The van der Waals surface area contributed by atoms with Gasteiger partial charge in [0, 0.05) is 32.6 Å². The van der Waals surface area contributed by atoms with E-state index in [1.165, 1.54) is 6.92 Å². The Hall–Kier alpha value is -1.83. The molecule has 0 radical (unpaired) electrons. The second kappa shape index (κ2) is 7.82. The van der Waals surface area contributed by atoms with Crippen LogP contribution in [0, 0.1) is 0 Å². The highest BCUT2D eigenvalue weighted by molar-refractivity contribution is 5.92. The molecule has 7 nitrogen and oxygen atoms in total. The molecule has 116 valence electrons. The number of nitrogens with one attached hydrogen (secondary N) is 2. The van der Waals surface area contributed by atoms with Crippen molar-refractivity contribution in [3.63, 3.8) is 0 Å². The van der Waals surface area contributed by atoms with Crippen molar-refractivity contribution >= 4 is 17.3 Å². The van der Waals surface area contributed by atoms with Gasteiger partial charge in [-0.1, -0.05) is 0 Å². The van der Waals surface area contributed by atoms with Crippen LogP contribution in [0.2, 0.25) is 0 Å². The van der Waals surface area contributed by atoms with Crippen molar-refractivity contribution in [3.8, 4) is 5.75 Å². The van der Waals surface area contributed by atoms with Gasteiger partial charge in [-0.2, -0.15) is 0 Å². The summed E-state index contributed by atoms with van der Waals surface area (Å²) in [6.07, 6.45) is 0. The molecule has 1 aromatic rings. The molecule has 0 unspecified atom stereocenters. The number of carbonyl (C=O) groups is 1. The van der Waals surface area contributed by atoms with E-state index < -0.39 is 0 Å². The highest BCUT2D eigenvalue weighted by atomic mass is 16.5.